The summed E-state index contributed by atoms with van der Waals surface area (Å²) in [6, 6.07) is 8.48. The maximum Gasteiger partial charge on any atom is 0.0953 e. The van der Waals surface area contributed by atoms with Crippen molar-refractivity contribution in [1.82, 2.24) is 9.88 Å². The van der Waals surface area contributed by atoms with Gasteiger partial charge in [0.15, 0.2) is 0 Å². The molecule has 1 aromatic heterocycles. The molecule has 2 atom stereocenters. The lowest BCUT2D eigenvalue weighted by Crippen LogP contribution is -2.43. The second kappa shape index (κ2) is 5.29. The van der Waals surface area contributed by atoms with Gasteiger partial charge in [-0.2, -0.15) is 0 Å². The summed E-state index contributed by atoms with van der Waals surface area (Å²) in [5, 5.41) is 4.70. The van der Waals surface area contributed by atoms with Crippen molar-refractivity contribution >= 4 is 22.3 Å². The molecule has 2 heterocycles. The van der Waals surface area contributed by atoms with Gasteiger partial charge >= 0.3 is 0 Å². The van der Waals surface area contributed by atoms with E-state index in [9.17, 15) is 0 Å². The molecule has 0 saturated carbocycles. The summed E-state index contributed by atoms with van der Waals surface area (Å²) in [5.74, 6) is 0.630. The molecule has 1 saturated heterocycles. The number of nitrogens with zero attached hydrogens (tertiary/aromatic N) is 2. The normalized spacial score (nSPS) is 23.9. The average Bonchev–Trinajstić information content (AvgIpc) is 2.45. The second-order valence-corrected chi connectivity index (χ2v) is 5.88. The number of nitrogens with one attached hydrogen (secondary N) is 1. The van der Waals surface area contributed by atoms with Crippen molar-refractivity contribution in [2.45, 2.75) is 19.4 Å². The fourth-order valence-corrected chi connectivity index (χ4v) is 3.08. The van der Waals surface area contributed by atoms with Crippen LogP contribution in [0.3, 0.4) is 0 Å². The molecule has 2 aromatic rings. The van der Waals surface area contributed by atoms with E-state index in [1.807, 2.05) is 24.4 Å². The molecule has 1 aliphatic rings. The third kappa shape index (κ3) is 2.43. The third-order valence-corrected chi connectivity index (χ3v) is 4.25. The zero-order chi connectivity index (χ0) is 14.1. The van der Waals surface area contributed by atoms with Crippen LogP contribution in [0.5, 0.6) is 0 Å². The predicted molar refractivity (Wildman–Crippen MR) is 84.8 cm³/mol. The highest BCUT2D eigenvalue weighted by Gasteiger charge is 2.24. The van der Waals surface area contributed by atoms with E-state index in [0.717, 1.165) is 41.8 Å². The number of likely N-dealkylation sites (tertiary alicyclic amines) is 1. The van der Waals surface area contributed by atoms with E-state index in [1.165, 1.54) is 0 Å². The Bertz CT molecular complexity index is 610. The monoisotopic (exact) mass is 270 g/mol. The molecule has 0 aliphatic carbocycles. The van der Waals surface area contributed by atoms with E-state index in [2.05, 4.69) is 35.2 Å². The molecule has 2 unspecified atom stereocenters. The van der Waals surface area contributed by atoms with Gasteiger partial charge in [-0.25, -0.2) is 0 Å². The van der Waals surface area contributed by atoms with Gasteiger partial charge in [-0.05, 0) is 50.2 Å². The van der Waals surface area contributed by atoms with E-state index in [1.54, 1.807) is 0 Å². The van der Waals surface area contributed by atoms with Crippen molar-refractivity contribution in [3.8, 4) is 0 Å². The van der Waals surface area contributed by atoms with Crippen LogP contribution in [0.2, 0.25) is 0 Å². The van der Waals surface area contributed by atoms with Crippen molar-refractivity contribution in [3.63, 3.8) is 0 Å². The second-order valence-electron chi connectivity index (χ2n) is 5.88. The van der Waals surface area contributed by atoms with Gasteiger partial charge in [0.25, 0.3) is 0 Å². The quantitative estimate of drug-likeness (QED) is 0.824. The van der Waals surface area contributed by atoms with Crippen molar-refractivity contribution in [2.75, 3.05) is 31.2 Å². The Morgan fingerprint density at radius 3 is 3.00 bits per heavy atom. The number of anilines is 2. The zero-order valence-corrected chi connectivity index (χ0v) is 12.1. The summed E-state index contributed by atoms with van der Waals surface area (Å²) in [6.45, 7) is 4.58. The molecule has 4 nitrogen and oxygen atoms in total. The molecule has 0 amide bonds. The highest BCUT2D eigenvalue weighted by atomic mass is 15.1. The number of rotatable bonds is 2. The van der Waals surface area contributed by atoms with Crippen molar-refractivity contribution in [1.29, 1.82) is 0 Å². The van der Waals surface area contributed by atoms with Crippen LogP contribution in [0.15, 0.2) is 30.5 Å². The SMILES string of the molecule is CC1CN(C)CCC1Nc1ccc(N)c2cccnc12. The summed E-state index contributed by atoms with van der Waals surface area (Å²) in [6.07, 6.45) is 2.99. The number of hydrogen-bond donors (Lipinski definition) is 2. The molecule has 20 heavy (non-hydrogen) atoms. The lowest BCUT2D eigenvalue weighted by atomic mass is 9.94. The van der Waals surface area contributed by atoms with Gasteiger partial charge in [0.05, 0.1) is 11.2 Å². The van der Waals surface area contributed by atoms with Gasteiger partial charge in [-0.3, -0.25) is 4.98 Å². The highest BCUT2D eigenvalue weighted by molar-refractivity contribution is 5.98. The first-order chi connectivity index (χ1) is 9.65. The minimum absolute atomic E-state index is 0.500. The topological polar surface area (TPSA) is 54.2 Å². The lowest BCUT2D eigenvalue weighted by Gasteiger charge is -2.35. The minimum Gasteiger partial charge on any atom is -0.398 e. The number of hydrogen-bond acceptors (Lipinski definition) is 4. The standard InChI is InChI=1S/C16H22N4/c1-11-10-20(2)9-7-14(11)19-15-6-5-13(17)12-4-3-8-18-16(12)15/h3-6,8,11,14,19H,7,9-10,17H2,1-2H3. The first kappa shape index (κ1) is 13.2. The Morgan fingerprint density at radius 1 is 1.35 bits per heavy atom. The smallest absolute Gasteiger partial charge is 0.0953 e. The number of pyridine rings is 1. The van der Waals surface area contributed by atoms with Gasteiger partial charge in [-0.1, -0.05) is 6.92 Å². The number of fused-ring (bicyclic) bond motifs is 1. The Kier molecular flexibility index (Phi) is 3.49. The van der Waals surface area contributed by atoms with Gasteiger partial charge in [0.2, 0.25) is 0 Å². The van der Waals surface area contributed by atoms with Crippen LogP contribution >= 0.6 is 0 Å². The van der Waals surface area contributed by atoms with Crippen LogP contribution in [-0.4, -0.2) is 36.1 Å². The number of nitrogen functional groups attached to an aromatic ring is 1. The number of piperidine rings is 1. The average molecular weight is 270 g/mol. The maximum absolute atomic E-state index is 6.03. The molecular formula is C16H22N4. The number of benzene rings is 1. The van der Waals surface area contributed by atoms with Crippen molar-refractivity contribution in [3.05, 3.63) is 30.5 Å². The molecule has 0 radical (unpaired) electrons. The molecular weight excluding hydrogens is 248 g/mol. The van der Waals surface area contributed by atoms with Crippen LogP contribution in [0.4, 0.5) is 11.4 Å². The maximum atomic E-state index is 6.03. The summed E-state index contributed by atoms with van der Waals surface area (Å²) in [7, 11) is 2.19. The first-order valence-electron chi connectivity index (χ1n) is 7.23. The first-order valence-corrected chi connectivity index (χ1v) is 7.23. The summed E-state index contributed by atoms with van der Waals surface area (Å²) >= 11 is 0. The summed E-state index contributed by atoms with van der Waals surface area (Å²) in [5.41, 5.74) is 8.88. The predicted octanol–water partition coefficient (Wildman–Crippen LogP) is 2.57. The van der Waals surface area contributed by atoms with Crippen LogP contribution in [0, 0.1) is 5.92 Å². The van der Waals surface area contributed by atoms with Crippen LogP contribution in [-0.2, 0) is 0 Å². The molecule has 0 spiro atoms. The molecule has 1 aliphatic heterocycles. The molecule has 3 N–H and O–H groups in total. The number of nitrogens with two attached hydrogens (primary N) is 1. The van der Waals surface area contributed by atoms with Crippen LogP contribution in [0.1, 0.15) is 13.3 Å². The summed E-state index contributed by atoms with van der Waals surface area (Å²) in [4.78, 5) is 6.89. The highest BCUT2D eigenvalue weighted by Crippen LogP contribution is 2.29. The molecule has 1 fully saturated rings. The zero-order valence-electron chi connectivity index (χ0n) is 12.1. The Balaban J connectivity index is 1.90. The van der Waals surface area contributed by atoms with Gasteiger partial charge in [-0.15, -0.1) is 0 Å². The van der Waals surface area contributed by atoms with E-state index < -0.39 is 0 Å². The minimum atomic E-state index is 0.500. The molecule has 106 valence electrons. The van der Waals surface area contributed by atoms with E-state index in [0.29, 0.717) is 12.0 Å². The number of aromatic nitrogens is 1. The van der Waals surface area contributed by atoms with Crippen LogP contribution in [0.25, 0.3) is 10.9 Å². The van der Waals surface area contributed by atoms with Gasteiger partial charge < -0.3 is 16.0 Å². The Labute approximate surface area is 120 Å². The molecule has 0 bridgehead atoms. The Hall–Kier alpha value is -1.81. The van der Waals surface area contributed by atoms with Gasteiger partial charge in [0, 0.05) is 29.9 Å². The van der Waals surface area contributed by atoms with Gasteiger partial charge in [0.1, 0.15) is 0 Å². The van der Waals surface area contributed by atoms with E-state index in [-0.39, 0.29) is 0 Å². The van der Waals surface area contributed by atoms with E-state index in [4.69, 9.17) is 5.73 Å². The Morgan fingerprint density at radius 2 is 2.20 bits per heavy atom. The van der Waals surface area contributed by atoms with E-state index >= 15 is 0 Å². The van der Waals surface area contributed by atoms with Crippen LogP contribution < -0.4 is 11.1 Å². The summed E-state index contributed by atoms with van der Waals surface area (Å²) < 4.78 is 0. The third-order valence-electron chi connectivity index (χ3n) is 4.25. The van der Waals surface area contributed by atoms with Crippen molar-refractivity contribution < 1.29 is 0 Å². The van der Waals surface area contributed by atoms with Crippen molar-refractivity contribution in [2.24, 2.45) is 5.92 Å². The molecule has 1 aromatic carbocycles. The fraction of sp³-hybridized carbons (Fsp3) is 0.438. The molecule has 4 heteroatoms. The fourth-order valence-electron chi connectivity index (χ4n) is 3.08. The molecule has 3 rings (SSSR count). The largest absolute Gasteiger partial charge is 0.398 e. The lowest BCUT2D eigenvalue weighted by molar-refractivity contribution is 0.206.